The molecule has 0 unspecified atom stereocenters. The molecule has 1 aromatic rings. The molecule has 22 heavy (non-hydrogen) atoms. The molecule has 0 saturated heterocycles. The molecule has 0 bridgehead atoms. The number of carbonyl (C=O) groups is 3. The van der Waals surface area contributed by atoms with Crippen molar-refractivity contribution >= 4 is 35.0 Å². The number of halogens is 1. The Morgan fingerprint density at radius 2 is 2.18 bits per heavy atom. The molecule has 1 aromatic carbocycles. The highest BCUT2D eigenvalue weighted by Gasteiger charge is 2.34. The molecule has 1 atom stereocenters. The molecule has 0 aromatic heterocycles. The average Bonchev–Trinajstić information content (AvgIpc) is 2.58. The van der Waals surface area contributed by atoms with Crippen LogP contribution in [0.5, 0.6) is 0 Å². The zero-order chi connectivity index (χ0) is 16.3. The van der Waals surface area contributed by atoms with E-state index in [-0.39, 0.29) is 6.54 Å². The number of unbranched alkanes of at least 4 members (excludes halogenated alkanes) is 1. The van der Waals surface area contributed by atoms with Gasteiger partial charge in [-0.2, -0.15) is 0 Å². The number of primary amides is 1. The number of nitrogens with zero attached hydrogens (tertiary/aromatic N) is 1. The van der Waals surface area contributed by atoms with E-state index in [9.17, 15) is 14.4 Å². The second-order valence-electron chi connectivity index (χ2n) is 5.25. The van der Waals surface area contributed by atoms with Crippen molar-refractivity contribution in [2.45, 2.75) is 38.8 Å². The average molecular weight is 324 g/mol. The van der Waals surface area contributed by atoms with Crippen LogP contribution in [0, 0.1) is 0 Å². The van der Waals surface area contributed by atoms with Gasteiger partial charge in [0.05, 0.1) is 0 Å². The van der Waals surface area contributed by atoms with Gasteiger partial charge in [0.1, 0.15) is 6.04 Å². The fourth-order valence-corrected chi connectivity index (χ4v) is 2.67. The van der Waals surface area contributed by atoms with Crippen molar-refractivity contribution in [2.75, 3.05) is 5.32 Å². The van der Waals surface area contributed by atoms with Crippen LogP contribution in [0.3, 0.4) is 0 Å². The summed E-state index contributed by atoms with van der Waals surface area (Å²) in [5.41, 5.74) is 6.62. The van der Waals surface area contributed by atoms with Gasteiger partial charge < -0.3 is 16.0 Å². The number of hydrogen-bond acceptors (Lipinski definition) is 3. The third-order valence-electron chi connectivity index (χ3n) is 3.65. The van der Waals surface area contributed by atoms with E-state index in [1.807, 2.05) is 6.92 Å². The molecule has 1 heterocycles. The predicted molar refractivity (Wildman–Crippen MR) is 83.1 cm³/mol. The number of nitrogens with two attached hydrogens (primary N) is 1. The van der Waals surface area contributed by atoms with Crippen molar-refractivity contribution in [2.24, 2.45) is 5.73 Å². The minimum absolute atomic E-state index is 0.116. The van der Waals surface area contributed by atoms with Gasteiger partial charge in [-0.05, 0) is 30.2 Å². The van der Waals surface area contributed by atoms with Gasteiger partial charge in [0.15, 0.2) is 0 Å². The van der Waals surface area contributed by atoms with Crippen LogP contribution >= 0.6 is 11.6 Å². The van der Waals surface area contributed by atoms with Crippen molar-refractivity contribution in [1.29, 1.82) is 0 Å². The first-order valence-corrected chi connectivity index (χ1v) is 7.51. The summed E-state index contributed by atoms with van der Waals surface area (Å²) in [4.78, 5) is 37.2. The number of carbonyl (C=O) groups excluding carboxylic acids is 3. The maximum atomic E-state index is 12.3. The Balaban J connectivity index is 2.38. The Morgan fingerprint density at radius 1 is 1.45 bits per heavy atom. The lowest BCUT2D eigenvalue weighted by atomic mass is 10.1. The fraction of sp³-hybridized carbons (Fsp3) is 0.400. The van der Waals surface area contributed by atoms with E-state index in [0.717, 1.165) is 12.8 Å². The third-order valence-corrected chi connectivity index (χ3v) is 3.88. The molecule has 3 amide bonds. The minimum atomic E-state index is -0.803. The monoisotopic (exact) mass is 323 g/mol. The number of nitrogens with one attached hydrogen (secondary N) is 1. The van der Waals surface area contributed by atoms with Gasteiger partial charge in [-0.15, -0.1) is 0 Å². The molecule has 1 aliphatic heterocycles. The highest BCUT2D eigenvalue weighted by molar-refractivity contribution is 6.40. The van der Waals surface area contributed by atoms with Crippen molar-refractivity contribution in [3.8, 4) is 0 Å². The van der Waals surface area contributed by atoms with E-state index in [0.29, 0.717) is 22.7 Å². The molecule has 0 saturated carbocycles. The number of rotatable bonds is 5. The molecular weight excluding hydrogens is 306 g/mol. The van der Waals surface area contributed by atoms with Gasteiger partial charge in [-0.1, -0.05) is 31.4 Å². The quantitative estimate of drug-likeness (QED) is 0.807. The normalized spacial score (nSPS) is 15.8. The molecule has 0 fully saturated rings. The molecule has 2 rings (SSSR count). The summed E-state index contributed by atoms with van der Waals surface area (Å²) in [5, 5.41) is 3.03. The third kappa shape index (κ3) is 3.39. The largest absolute Gasteiger partial charge is 0.368 e. The summed E-state index contributed by atoms with van der Waals surface area (Å²) in [6.45, 7) is 2.09. The molecule has 0 spiro atoms. The van der Waals surface area contributed by atoms with Crippen LogP contribution < -0.4 is 11.1 Å². The molecule has 3 N–H and O–H groups in total. The summed E-state index contributed by atoms with van der Waals surface area (Å²) < 4.78 is 0. The number of anilines is 1. The van der Waals surface area contributed by atoms with E-state index in [1.165, 1.54) is 4.90 Å². The standard InChI is InChI=1S/C15H18ClN3O3/c1-2-3-4-12(13(17)20)19-8-9-7-10(16)5-6-11(9)18-14(21)15(19)22/h5-7,12H,2-4,8H2,1H3,(H2,17,20)(H,18,21)/t12-/m0/s1. The zero-order valence-electron chi connectivity index (χ0n) is 12.3. The number of benzene rings is 1. The van der Waals surface area contributed by atoms with E-state index in [2.05, 4.69) is 5.32 Å². The van der Waals surface area contributed by atoms with Gasteiger partial charge in [-0.25, -0.2) is 0 Å². The van der Waals surface area contributed by atoms with Crippen LogP contribution in [0.4, 0.5) is 5.69 Å². The van der Waals surface area contributed by atoms with Crippen LogP contribution in [0.2, 0.25) is 5.02 Å². The molecule has 1 aliphatic rings. The Labute approximate surface area is 133 Å². The van der Waals surface area contributed by atoms with Crippen LogP contribution in [0.25, 0.3) is 0 Å². The number of hydrogen-bond donors (Lipinski definition) is 2. The second kappa shape index (κ2) is 6.79. The van der Waals surface area contributed by atoms with Crippen molar-refractivity contribution in [1.82, 2.24) is 4.90 Å². The van der Waals surface area contributed by atoms with Crippen LogP contribution in [0.15, 0.2) is 18.2 Å². The van der Waals surface area contributed by atoms with Crippen molar-refractivity contribution < 1.29 is 14.4 Å². The molecular formula is C15H18ClN3O3. The fourth-order valence-electron chi connectivity index (χ4n) is 2.48. The first-order valence-electron chi connectivity index (χ1n) is 7.13. The van der Waals surface area contributed by atoms with E-state index < -0.39 is 23.8 Å². The molecule has 0 radical (unpaired) electrons. The zero-order valence-corrected chi connectivity index (χ0v) is 13.0. The van der Waals surface area contributed by atoms with E-state index >= 15 is 0 Å². The summed E-state index contributed by atoms with van der Waals surface area (Å²) >= 11 is 5.97. The SMILES string of the molecule is CCCC[C@@H](C(N)=O)N1Cc2cc(Cl)ccc2NC(=O)C1=O. The molecule has 7 heteroatoms. The number of fused-ring (bicyclic) bond motifs is 1. The maximum absolute atomic E-state index is 12.3. The van der Waals surface area contributed by atoms with Gasteiger partial charge in [0.2, 0.25) is 5.91 Å². The predicted octanol–water partition coefficient (Wildman–Crippen LogP) is 1.66. The lowest BCUT2D eigenvalue weighted by molar-refractivity contribution is -0.147. The second-order valence-corrected chi connectivity index (χ2v) is 5.69. The molecule has 118 valence electrons. The Morgan fingerprint density at radius 3 is 2.82 bits per heavy atom. The Hall–Kier alpha value is -2.08. The van der Waals surface area contributed by atoms with Gasteiger partial charge in [-0.3, -0.25) is 14.4 Å². The van der Waals surface area contributed by atoms with Crippen molar-refractivity contribution in [3.63, 3.8) is 0 Å². The van der Waals surface area contributed by atoms with E-state index in [4.69, 9.17) is 17.3 Å². The summed E-state index contributed by atoms with van der Waals surface area (Å²) in [6.07, 6.45) is 2.03. The molecule has 6 nitrogen and oxygen atoms in total. The summed E-state index contributed by atoms with van der Waals surface area (Å²) in [7, 11) is 0. The number of amides is 3. The van der Waals surface area contributed by atoms with Gasteiger partial charge in [0, 0.05) is 17.3 Å². The smallest absolute Gasteiger partial charge is 0.313 e. The Kier molecular flexibility index (Phi) is 5.03. The van der Waals surface area contributed by atoms with Gasteiger partial charge >= 0.3 is 11.8 Å². The summed E-state index contributed by atoms with van der Waals surface area (Å²) in [6, 6.07) is 4.13. The van der Waals surface area contributed by atoms with Crippen molar-refractivity contribution in [3.05, 3.63) is 28.8 Å². The first kappa shape index (κ1) is 16.3. The van der Waals surface area contributed by atoms with Crippen LogP contribution in [-0.4, -0.2) is 28.7 Å². The molecule has 0 aliphatic carbocycles. The highest BCUT2D eigenvalue weighted by atomic mass is 35.5. The van der Waals surface area contributed by atoms with Crippen LogP contribution in [-0.2, 0) is 20.9 Å². The lowest BCUT2D eigenvalue weighted by Crippen LogP contribution is -2.49. The summed E-state index contributed by atoms with van der Waals surface area (Å²) in [5.74, 6) is -2.14. The van der Waals surface area contributed by atoms with Gasteiger partial charge in [0.25, 0.3) is 0 Å². The lowest BCUT2D eigenvalue weighted by Gasteiger charge is -2.27. The highest BCUT2D eigenvalue weighted by Crippen LogP contribution is 2.26. The van der Waals surface area contributed by atoms with E-state index in [1.54, 1.807) is 18.2 Å². The van der Waals surface area contributed by atoms with Crippen LogP contribution in [0.1, 0.15) is 31.7 Å². The first-order chi connectivity index (χ1) is 10.4. The maximum Gasteiger partial charge on any atom is 0.313 e. The topological polar surface area (TPSA) is 92.5 Å². The minimum Gasteiger partial charge on any atom is -0.368 e. The Bertz CT molecular complexity index is 618.